The zero-order chi connectivity index (χ0) is 7.56. The molecule has 0 aromatic carbocycles. The third-order valence-corrected chi connectivity index (χ3v) is 2.45. The molecule has 2 nitrogen and oxygen atoms in total. The third-order valence-electron chi connectivity index (χ3n) is 2.45. The van der Waals surface area contributed by atoms with Crippen molar-refractivity contribution in [1.29, 1.82) is 0 Å². The van der Waals surface area contributed by atoms with Gasteiger partial charge in [-0.05, 0) is 45.8 Å². The molecule has 0 aromatic rings. The predicted molar refractivity (Wildman–Crippen MR) is 49.1 cm³/mol. The summed E-state index contributed by atoms with van der Waals surface area (Å²) in [6.07, 6.45) is 2.22. The van der Waals surface area contributed by atoms with Crippen molar-refractivity contribution in [2.45, 2.75) is 25.9 Å². The number of aliphatic hydroxyl groups excluding tert-OH is 1. The first kappa shape index (κ1) is 11.2. The van der Waals surface area contributed by atoms with E-state index in [9.17, 15) is 5.11 Å². The molecular formula is C8H18ClNO. The van der Waals surface area contributed by atoms with Crippen LogP contribution in [0.3, 0.4) is 0 Å². The van der Waals surface area contributed by atoms with Gasteiger partial charge in [0.15, 0.2) is 0 Å². The number of hydrogen-bond donors (Lipinski definition) is 1. The Balaban J connectivity index is 0.000001000. The Morgan fingerprint density at radius 3 is 2.18 bits per heavy atom. The van der Waals surface area contributed by atoms with E-state index < -0.39 is 0 Å². The lowest BCUT2D eigenvalue weighted by atomic mass is 9.93. The van der Waals surface area contributed by atoms with Crippen molar-refractivity contribution >= 4 is 12.4 Å². The van der Waals surface area contributed by atoms with Gasteiger partial charge in [0, 0.05) is 0 Å². The van der Waals surface area contributed by atoms with Gasteiger partial charge in [0.2, 0.25) is 0 Å². The van der Waals surface area contributed by atoms with Crippen LogP contribution in [-0.4, -0.2) is 36.2 Å². The largest absolute Gasteiger partial charge is 0.393 e. The zero-order valence-corrected chi connectivity index (χ0v) is 8.10. The second-order valence-corrected chi connectivity index (χ2v) is 3.38. The molecule has 1 N–H and O–H groups in total. The highest BCUT2D eigenvalue weighted by Crippen LogP contribution is 2.18. The SMILES string of the molecule is C[C@H](O)C1CCN(C)CC1.Cl. The van der Waals surface area contributed by atoms with Crippen LogP contribution in [-0.2, 0) is 0 Å². The van der Waals surface area contributed by atoms with Crippen LogP contribution in [0.4, 0.5) is 0 Å². The second-order valence-electron chi connectivity index (χ2n) is 3.38. The minimum Gasteiger partial charge on any atom is -0.393 e. The Morgan fingerprint density at radius 2 is 1.82 bits per heavy atom. The maximum absolute atomic E-state index is 9.24. The van der Waals surface area contributed by atoms with E-state index in [1.165, 1.54) is 0 Å². The third kappa shape index (κ3) is 3.41. The summed E-state index contributed by atoms with van der Waals surface area (Å²) < 4.78 is 0. The number of likely N-dealkylation sites (tertiary alicyclic amines) is 1. The summed E-state index contributed by atoms with van der Waals surface area (Å²) in [5.41, 5.74) is 0. The van der Waals surface area contributed by atoms with Gasteiger partial charge in [0.1, 0.15) is 0 Å². The maximum atomic E-state index is 9.24. The molecule has 0 aromatic heterocycles. The average Bonchev–Trinajstić information content (AvgIpc) is 1.88. The lowest BCUT2D eigenvalue weighted by Crippen LogP contribution is -2.34. The molecule has 1 heterocycles. The summed E-state index contributed by atoms with van der Waals surface area (Å²) in [6.45, 7) is 4.20. The van der Waals surface area contributed by atoms with Gasteiger partial charge in [-0.2, -0.15) is 0 Å². The summed E-state index contributed by atoms with van der Waals surface area (Å²) in [4.78, 5) is 2.32. The average molecular weight is 180 g/mol. The van der Waals surface area contributed by atoms with E-state index in [0.29, 0.717) is 5.92 Å². The number of piperidine rings is 1. The molecule has 1 aliphatic heterocycles. The molecule has 1 aliphatic rings. The molecule has 1 saturated heterocycles. The zero-order valence-electron chi connectivity index (χ0n) is 7.29. The van der Waals surface area contributed by atoms with Crippen LogP contribution in [0.1, 0.15) is 19.8 Å². The number of nitrogens with zero attached hydrogens (tertiary/aromatic N) is 1. The van der Waals surface area contributed by atoms with Crippen molar-refractivity contribution in [3.05, 3.63) is 0 Å². The summed E-state index contributed by atoms with van der Waals surface area (Å²) in [5.74, 6) is 0.552. The first-order valence-electron chi connectivity index (χ1n) is 4.07. The summed E-state index contributed by atoms with van der Waals surface area (Å²) in [7, 11) is 2.14. The van der Waals surface area contributed by atoms with Crippen molar-refractivity contribution in [2.24, 2.45) is 5.92 Å². The molecule has 0 saturated carbocycles. The summed E-state index contributed by atoms with van der Waals surface area (Å²) >= 11 is 0. The Kier molecular flexibility index (Phi) is 5.06. The Bertz CT molecular complexity index is 100. The molecular weight excluding hydrogens is 162 g/mol. The van der Waals surface area contributed by atoms with E-state index in [4.69, 9.17) is 0 Å². The van der Waals surface area contributed by atoms with Crippen LogP contribution >= 0.6 is 12.4 Å². The van der Waals surface area contributed by atoms with Crippen molar-refractivity contribution in [2.75, 3.05) is 20.1 Å². The fourth-order valence-electron chi connectivity index (χ4n) is 1.51. The number of halogens is 1. The maximum Gasteiger partial charge on any atom is 0.0541 e. The quantitative estimate of drug-likeness (QED) is 0.653. The topological polar surface area (TPSA) is 23.5 Å². The Hall–Kier alpha value is 0.210. The lowest BCUT2D eigenvalue weighted by molar-refractivity contribution is 0.0798. The van der Waals surface area contributed by atoms with Gasteiger partial charge in [-0.3, -0.25) is 0 Å². The molecule has 1 rings (SSSR count). The van der Waals surface area contributed by atoms with Crippen LogP contribution in [0.25, 0.3) is 0 Å². The lowest BCUT2D eigenvalue weighted by Gasteiger charge is -2.30. The molecule has 1 atom stereocenters. The molecule has 1 fully saturated rings. The smallest absolute Gasteiger partial charge is 0.0541 e. The monoisotopic (exact) mass is 179 g/mol. The first-order valence-corrected chi connectivity index (χ1v) is 4.07. The van der Waals surface area contributed by atoms with Crippen LogP contribution in [0, 0.1) is 5.92 Å². The highest BCUT2D eigenvalue weighted by molar-refractivity contribution is 5.85. The molecule has 0 bridgehead atoms. The molecule has 3 heteroatoms. The minimum atomic E-state index is -0.103. The molecule has 0 aliphatic carbocycles. The van der Waals surface area contributed by atoms with Crippen LogP contribution < -0.4 is 0 Å². The fourth-order valence-corrected chi connectivity index (χ4v) is 1.51. The minimum absolute atomic E-state index is 0. The highest BCUT2D eigenvalue weighted by atomic mass is 35.5. The van der Waals surface area contributed by atoms with E-state index in [0.717, 1.165) is 25.9 Å². The van der Waals surface area contributed by atoms with Crippen molar-refractivity contribution in [1.82, 2.24) is 4.90 Å². The van der Waals surface area contributed by atoms with Crippen LogP contribution in [0.2, 0.25) is 0 Å². The molecule has 68 valence electrons. The van der Waals surface area contributed by atoms with Gasteiger partial charge < -0.3 is 10.0 Å². The van der Waals surface area contributed by atoms with Gasteiger partial charge in [-0.15, -0.1) is 12.4 Å². The standard InChI is InChI=1S/C8H17NO.ClH/c1-7(10)8-3-5-9(2)6-4-8;/h7-8,10H,3-6H2,1-2H3;1H/t7-;/m0./s1. The molecule has 0 radical (unpaired) electrons. The molecule has 0 spiro atoms. The van der Waals surface area contributed by atoms with Crippen molar-refractivity contribution in [3.8, 4) is 0 Å². The second kappa shape index (κ2) is 4.96. The number of aliphatic hydroxyl groups is 1. The predicted octanol–water partition coefficient (Wildman–Crippen LogP) is 1.13. The fraction of sp³-hybridized carbons (Fsp3) is 1.00. The van der Waals surface area contributed by atoms with Gasteiger partial charge in [0.25, 0.3) is 0 Å². The van der Waals surface area contributed by atoms with E-state index in [2.05, 4.69) is 11.9 Å². The Labute approximate surface area is 75.0 Å². The summed E-state index contributed by atoms with van der Waals surface area (Å²) in [5, 5.41) is 9.24. The first-order chi connectivity index (χ1) is 4.70. The Morgan fingerprint density at radius 1 is 1.36 bits per heavy atom. The van der Waals surface area contributed by atoms with Crippen molar-refractivity contribution < 1.29 is 5.11 Å². The van der Waals surface area contributed by atoms with Crippen molar-refractivity contribution in [3.63, 3.8) is 0 Å². The van der Waals surface area contributed by atoms with E-state index in [1.807, 2.05) is 6.92 Å². The molecule has 0 amide bonds. The number of rotatable bonds is 1. The van der Waals surface area contributed by atoms with E-state index >= 15 is 0 Å². The van der Waals surface area contributed by atoms with Crippen LogP contribution in [0.15, 0.2) is 0 Å². The summed E-state index contributed by atoms with van der Waals surface area (Å²) in [6, 6.07) is 0. The van der Waals surface area contributed by atoms with E-state index in [-0.39, 0.29) is 18.5 Å². The normalized spacial score (nSPS) is 24.3. The van der Waals surface area contributed by atoms with Gasteiger partial charge in [-0.25, -0.2) is 0 Å². The number of hydrogen-bond acceptors (Lipinski definition) is 2. The molecule has 11 heavy (non-hydrogen) atoms. The van der Waals surface area contributed by atoms with Crippen LogP contribution in [0.5, 0.6) is 0 Å². The molecule has 0 unspecified atom stereocenters. The van der Waals surface area contributed by atoms with Gasteiger partial charge in [-0.1, -0.05) is 0 Å². The highest BCUT2D eigenvalue weighted by Gasteiger charge is 2.19. The van der Waals surface area contributed by atoms with Gasteiger partial charge in [0.05, 0.1) is 6.10 Å². The van der Waals surface area contributed by atoms with Gasteiger partial charge >= 0.3 is 0 Å². The van der Waals surface area contributed by atoms with E-state index in [1.54, 1.807) is 0 Å².